The Morgan fingerprint density at radius 3 is 2.50 bits per heavy atom. The van der Waals surface area contributed by atoms with Crippen LogP contribution in [0, 0.1) is 5.41 Å². The van der Waals surface area contributed by atoms with Crippen LogP contribution in [-0.4, -0.2) is 34.3 Å². The first-order valence-corrected chi connectivity index (χ1v) is 8.30. The van der Waals surface area contributed by atoms with Gasteiger partial charge < -0.3 is 9.31 Å². The molecule has 0 radical (unpaired) electrons. The number of hydrogen-bond donors (Lipinski definition) is 1. The molecule has 0 aliphatic carbocycles. The molecule has 0 bridgehead atoms. The minimum atomic E-state index is -0.302. The Labute approximate surface area is 146 Å². The standard InChI is InChI=1S/C17H18BN3O2S/c1-17(2)10-22-18(23-11-17)13-7-5-12(6-8-13)15-20-14-4-3-9-19-16(14)21(15)24/h3-9,24H,10-11H2,1-2H3. The maximum atomic E-state index is 5.83. The van der Waals surface area contributed by atoms with E-state index in [1.54, 1.807) is 10.2 Å². The van der Waals surface area contributed by atoms with Gasteiger partial charge in [0, 0.05) is 30.4 Å². The molecule has 7 heteroatoms. The van der Waals surface area contributed by atoms with Crippen molar-refractivity contribution in [3.8, 4) is 11.4 Å². The van der Waals surface area contributed by atoms with Crippen LogP contribution < -0.4 is 5.46 Å². The lowest BCUT2D eigenvalue weighted by Gasteiger charge is -2.33. The topological polar surface area (TPSA) is 49.2 Å². The molecule has 1 saturated heterocycles. The molecule has 0 N–H and O–H groups in total. The van der Waals surface area contributed by atoms with Crippen molar-refractivity contribution >= 4 is 36.6 Å². The maximum absolute atomic E-state index is 5.83. The van der Waals surface area contributed by atoms with Gasteiger partial charge in [-0.2, -0.15) is 0 Å². The number of imidazole rings is 1. The van der Waals surface area contributed by atoms with E-state index >= 15 is 0 Å². The van der Waals surface area contributed by atoms with Gasteiger partial charge in [-0.15, -0.1) is 0 Å². The second-order valence-corrected chi connectivity index (χ2v) is 7.23. The summed E-state index contributed by atoms with van der Waals surface area (Å²) in [7, 11) is -0.302. The molecule has 122 valence electrons. The summed E-state index contributed by atoms with van der Waals surface area (Å²) in [6.07, 6.45) is 1.74. The number of aromatic nitrogens is 3. The van der Waals surface area contributed by atoms with Crippen LogP contribution >= 0.6 is 12.8 Å². The van der Waals surface area contributed by atoms with E-state index in [-0.39, 0.29) is 12.5 Å². The molecule has 0 atom stereocenters. The minimum absolute atomic E-state index is 0.0698. The fourth-order valence-electron chi connectivity index (χ4n) is 2.76. The number of benzene rings is 1. The third-order valence-corrected chi connectivity index (χ3v) is 4.46. The fourth-order valence-corrected chi connectivity index (χ4v) is 3.08. The highest BCUT2D eigenvalue weighted by Crippen LogP contribution is 2.25. The van der Waals surface area contributed by atoms with Crippen LogP contribution in [0.15, 0.2) is 42.6 Å². The highest BCUT2D eigenvalue weighted by Gasteiger charge is 2.33. The number of rotatable bonds is 2. The summed E-state index contributed by atoms with van der Waals surface area (Å²) < 4.78 is 13.4. The van der Waals surface area contributed by atoms with Gasteiger partial charge in [-0.3, -0.25) is 3.97 Å². The van der Waals surface area contributed by atoms with Gasteiger partial charge in [0.2, 0.25) is 0 Å². The molecule has 1 fully saturated rings. The fraction of sp³-hybridized carbons (Fsp3) is 0.294. The van der Waals surface area contributed by atoms with Crippen molar-refractivity contribution in [3.63, 3.8) is 0 Å². The molecule has 1 aromatic carbocycles. The number of fused-ring (bicyclic) bond motifs is 1. The van der Waals surface area contributed by atoms with E-state index in [4.69, 9.17) is 9.31 Å². The number of hydrogen-bond acceptors (Lipinski definition) is 5. The van der Waals surface area contributed by atoms with Crippen molar-refractivity contribution in [2.75, 3.05) is 13.2 Å². The van der Waals surface area contributed by atoms with Crippen molar-refractivity contribution in [3.05, 3.63) is 42.6 Å². The summed E-state index contributed by atoms with van der Waals surface area (Å²) in [6.45, 7) is 5.66. The first kappa shape index (κ1) is 15.7. The van der Waals surface area contributed by atoms with Gasteiger partial charge in [0.25, 0.3) is 0 Å². The van der Waals surface area contributed by atoms with Gasteiger partial charge in [-0.1, -0.05) is 50.9 Å². The van der Waals surface area contributed by atoms with Crippen LogP contribution in [0.25, 0.3) is 22.6 Å². The summed E-state index contributed by atoms with van der Waals surface area (Å²) in [5, 5.41) is 0. The molecular weight excluding hydrogens is 321 g/mol. The summed E-state index contributed by atoms with van der Waals surface area (Å²) >= 11 is 4.52. The second-order valence-electron chi connectivity index (χ2n) is 6.83. The van der Waals surface area contributed by atoms with Crippen LogP contribution in [0.1, 0.15) is 13.8 Å². The van der Waals surface area contributed by atoms with Crippen LogP contribution in [0.5, 0.6) is 0 Å². The molecule has 5 nitrogen and oxygen atoms in total. The molecule has 0 spiro atoms. The normalized spacial score (nSPS) is 17.4. The average Bonchev–Trinajstić information content (AvgIpc) is 2.92. The van der Waals surface area contributed by atoms with Gasteiger partial charge in [-0.05, 0) is 17.6 Å². The smallest absolute Gasteiger partial charge is 0.407 e. The molecule has 0 unspecified atom stereocenters. The molecule has 24 heavy (non-hydrogen) atoms. The van der Waals surface area contributed by atoms with Gasteiger partial charge in [0.15, 0.2) is 11.5 Å². The first-order chi connectivity index (χ1) is 11.5. The van der Waals surface area contributed by atoms with E-state index in [1.807, 2.05) is 36.4 Å². The highest BCUT2D eigenvalue weighted by molar-refractivity contribution is 7.78. The predicted octanol–water partition coefficient (Wildman–Crippen LogP) is 2.56. The Morgan fingerprint density at radius 2 is 1.83 bits per heavy atom. The summed E-state index contributed by atoms with van der Waals surface area (Å²) in [5.41, 5.74) is 3.63. The third-order valence-electron chi connectivity index (χ3n) is 4.09. The molecule has 1 aliphatic heterocycles. The zero-order valence-corrected chi connectivity index (χ0v) is 14.5. The quantitative estimate of drug-likeness (QED) is 0.576. The summed E-state index contributed by atoms with van der Waals surface area (Å²) in [5.74, 6) is 0.769. The Bertz CT molecular complexity index is 869. The molecule has 3 aromatic rings. The van der Waals surface area contributed by atoms with E-state index in [0.717, 1.165) is 28.0 Å². The third kappa shape index (κ3) is 2.83. The van der Waals surface area contributed by atoms with E-state index in [0.29, 0.717) is 13.2 Å². The minimum Gasteiger partial charge on any atom is -0.407 e. The van der Waals surface area contributed by atoms with Crippen LogP contribution in [-0.2, 0) is 9.31 Å². The number of pyridine rings is 1. The molecule has 0 saturated carbocycles. The highest BCUT2D eigenvalue weighted by atomic mass is 32.1. The van der Waals surface area contributed by atoms with Gasteiger partial charge >= 0.3 is 7.12 Å². The van der Waals surface area contributed by atoms with Crippen LogP contribution in [0.2, 0.25) is 0 Å². The zero-order valence-electron chi connectivity index (χ0n) is 13.6. The number of nitrogens with zero attached hydrogens (tertiary/aromatic N) is 3. The Morgan fingerprint density at radius 1 is 1.12 bits per heavy atom. The summed E-state index contributed by atoms with van der Waals surface area (Å²) in [4.78, 5) is 8.92. The SMILES string of the molecule is CC1(C)COB(c2ccc(-c3nc4cccnc4n3S)cc2)OC1. The Balaban J connectivity index is 1.60. The lowest BCUT2D eigenvalue weighted by molar-refractivity contribution is 0.0343. The largest absolute Gasteiger partial charge is 0.493 e. The lowest BCUT2D eigenvalue weighted by atomic mass is 9.75. The van der Waals surface area contributed by atoms with Crippen molar-refractivity contribution in [2.45, 2.75) is 13.8 Å². The van der Waals surface area contributed by atoms with E-state index < -0.39 is 0 Å². The van der Waals surface area contributed by atoms with Crippen molar-refractivity contribution in [2.24, 2.45) is 5.41 Å². The molecule has 1 aliphatic rings. The molecule has 0 amide bonds. The van der Waals surface area contributed by atoms with Crippen molar-refractivity contribution in [1.29, 1.82) is 0 Å². The maximum Gasteiger partial charge on any atom is 0.493 e. The van der Waals surface area contributed by atoms with Gasteiger partial charge in [0.05, 0.1) is 0 Å². The molecule has 2 aromatic heterocycles. The lowest BCUT2D eigenvalue weighted by Crippen LogP contribution is -2.47. The van der Waals surface area contributed by atoms with Crippen molar-refractivity contribution < 1.29 is 9.31 Å². The van der Waals surface area contributed by atoms with E-state index in [1.165, 1.54) is 0 Å². The first-order valence-electron chi connectivity index (χ1n) is 7.90. The van der Waals surface area contributed by atoms with E-state index in [2.05, 4.69) is 36.6 Å². The predicted molar refractivity (Wildman–Crippen MR) is 98.4 cm³/mol. The van der Waals surface area contributed by atoms with Gasteiger partial charge in [0.1, 0.15) is 5.52 Å². The van der Waals surface area contributed by atoms with Crippen LogP contribution in [0.4, 0.5) is 0 Å². The Hall–Kier alpha value is -1.83. The average molecular weight is 339 g/mol. The van der Waals surface area contributed by atoms with Crippen molar-refractivity contribution in [1.82, 2.24) is 13.9 Å². The number of thiol groups is 1. The van der Waals surface area contributed by atoms with E-state index in [9.17, 15) is 0 Å². The molecule has 3 heterocycles. The zero-order chi connectivity index (χ0) is 16.7. The monoisotopic (exact) mass is 339 g/mol. The van der Waals surface area contributed by atoms with Gasteiger partial charge in [-0.25, -0.2) is 9.97 Å². The van der Waals surface area contributed by atoms with Crippen LogP contribution in [0.3, 0.4) is 0 Å². The summed E-state index contributed by atoms with van der Waals surface area (Å²) in [6, 6.07) is 11.8. The molecule has 4 rings (SSSR count). The second kappa shape index (κ2) is 5.91. The Kier molecular flexibility index (Phi) is 3.87. The molecular formula is C17H18BN3O2S.